The molecule has 1 heterocycles. The SMILES string of the molecule is C#CCNCC(=O)Nc1cccnc1OC(C)C. The lowest BCUT2D eigenvalue weighted by Gasteiger charge is -2.13. The molecule has 1 rings (SSSR count). The number of carbonyl (C=O) groups excluding carboxylic acids is 1. The van der Waals surface area contributed by atoms with Crippen LogP contribution in [-0.4, -0.2) is 30.1 Å². The first-order chi connectivity index (χ1) is 8.63. The van der Waals surface area contributed by atoms with Crippen LogP contribution in [0.15, 0.2) is 18.3 Å². The summed E-state index contributed by atoms with van der Waals surface area (Å²) in [6.45, 7) is 4.31. The van der Waals surface area contributed by atoms with Crippen molar-refractivity contribution in [2.24, 2.45) is 0 Å². The summed E-state index contributed by atoms with van der Waals surface area (Å²) in [7, 11) is 0. The monoisotopic (exact) mass is 247 g/mol. The van der Waals surface area contributed by atoms with Crippen LogP contribution in [0.2, 0.25) is 0 Å². The van der Waals surface area contributed by atoms with Gasteiger partial charge in [0.2, 0.25) is 11.8 Å². The summed E-state index contributed by atoms with van der Waals surface area (Å²) in [6, 6.07) is 3.47. The van der Waals surface area contributed by atoms with E-state index >= 15 is 0 Å². The summed E-state index contributed by atoms with van der Waals surface area (Å²) >= 11 is 0. The maximum Gasteiger partial charge on any atom is 0.238 e. The normalized spacial score (nSPS) is 9.89. The number of amides is 1. The van der Waals surface area contributed by atoms with Crippen molar-refractivity contribution in [3.8, 4) is 18.2 Å². The van der Waals surface area contributed by atoms with E-state index in [1.165, 1.54) is 0 Å². The fourth-order valence-electron chi connectivity index (χ4n) is 1.25. The molecule has 0 spiro atoms. The maximum absolute atomic E-state index is 11.6. The third kappa shape index (κ3) is 4.85. The van der Waals surface area contributed by atoms with E-state index in [1.807, 2.05) is 13.8 Å². The number of anilines is 1. The Morgan fingerprint density at radius 2 is 2.39 bits per heavy atom. The Bertz CT molecular complexity index is 438. The van der Waals surface area contributed by atoms with E-state index in [0.29, 0.717) is 18.1 Å². The number of aromatic nitrogens is 1. The number of rotatable bonds is 6. The lowest BCUT2D eigenvalue weighted by atomic mass is 10.3. The number of ether oxygens (including phenoxy) is 1. The Kier molecular flexibility index (Phi) is 5.68. The van der Waals surface area contributed by atoms with Crippen LogP contribution < -0.4 is 15.4 Å². The molecule has 0 saturated heterocycles. The van der Waals surface area contributed by atoms with Crippen molar-refractivity contribution in [1.29, 1.82) is 0 Å². The van der Waals surface area contributed by atoms with Crippen LogP contribution in [0.4, 0.5) is 5.69 Å². The highest BCUT2D eigenvalue weighted by Gasteiger charge is 2.09. The molecule has 0 bridgehead atoms. The van der Waals surface area contributed by atoms with Crippen molar-refractivity contribution in [3.63, 3.8) is 0 Å². The summed E-state index contributed by atoms with van der Waals surface area (Å²) < 4.78 is 5.49. The summed E-state index contributed by atoms with van der Waals surface area (Å²) in [6.07, 6.45) is 6.68. The van der Waals surface area contributed by atoms with Crippen LogP contribution >= 0.6 is 0 Å². The smallest absolute Gasteiger partial charge is 0.238 e. The number of hydrogen-bond donors (Lipinski definition) is 2. The van der Waals surface area contributed by atoms with Gasteiger partial charge in [-0.2, -0.15) is 0 Å². The van der Waals surface area contributed by atoms with E-state index in [2.05, 4.69) is 21.5 Å². The quantitative estimate of drug-likeness (QED) is 0.582. The molecule has 2 N–H and O–H groups in total. The maximum atomic E-state index is 11.6. The molecule has 0 saturated carbocycles. The van der Waals surface area contributed by atoms with Crippen LogP contribution in [0.5, 0.6) is 5.88 Å². The van der Waals surface area contributed by atoms with Crippen LogP contribution in [0.3, 0.4) is 0 Å². The molecule has 5 heteroatoms. The highest BCUT2D eigenvalue weighted by atomic mass is 16.5. The van der Waals surface area contributed by atoms with Gasteiger partial charge in [0.25, 0.3) is 0 Å². The van der Waals surface area contributed by atoms with Gasteiger partial charge in [-0.05, 0) is 26.0 Å². The number of carbonyl (C=O) groups is 1. The molecule has 0 aliphatic carbocycles. The Hall–Kier alpha value is -2.06. The fraction of sp³-hybridized carbons (Fsp3) is 0.385. The molecular weight excluding hydrogens is 230 g/mol. The number of nitrogens with zero attached hydrogens (tertiary/aromatic N) is 1. The lowest BCUT2D eigenvalue weighted by Crippen LogP contribution is -2.28. The summed E-state index contributed by atoms with van der Waals surface area (Å²) in [4.78, 5) is 15.7. The van der Waals surface area contributed by atoms with E-state index in [0.717, 1.165) is 0 Å². The van der Waals surface area contributed by atoms with Crippen LogP contribution in [0, 0.1) is 12.3 Å². The molecule has 0 aliphatic heterocycles. The summed E-state index contributed by atoms with van der Waals surface area (Å²) in [5, 5.41) is 5.52. The van der Waals surface area contributed by atoms with Crippen molar-refractivity contribution in [2.45, 2.75) is 20.0 Å². The summed E-state index contributed by atoms with van der Waals surface area (Å²) in [5.74, 6) is 2.62. The number of terminal acetylenes is 1. The van der Waals surface area contributed by atoms with E-state index in [1.54, 1.807) is 18.3 Å². The second kappa shape index (κ2) is 7.30. The molecule has 1 aromatic heterocycles. The van der Waals surface area contributed by atoms with Gasteiger partial charge < -0.3 is 10.1 Å². The molecule has 96 valence electrons. The zero-order chi connectivity index (χ0) is 13.4. The van der Waals surface area contributed by atoms with Crippen molar-refractivity contribution in [2.75, 3.05) is 18.4 Å². The number of pyridine rings is 1. The molecular formula is C13H17N3O2. The molecule has 18 heavy (non-hydrogen) atoms. The topological polar surface area (TPSA) is 63.2 Å². The van der Waals surface area contributed by atoms with E-state index < -0.39 is 0 Å². The minimum Gasteiger partial charge on any atom is -0.473 e. The van der Waals surface area contributed by atoms with Gasteiger partial charge >= 0.3 is 0 Å². The van der Waals surface area contributed by atoms with Gasteiger partial charge in [0.1, 0.15) is 5.69 Å². The second-order valence-corrected chi connectivity index (χ2v) is 3.88. The molecule has 0 radical (unpaired) electrons. The minimum absolute atomic E-state index is 0.00452. The van der Waals surface area contributed by atoms with Crippen LogP contribution in [0.1, 0.15) is 13.8 Å². The predicted octanol–water partition coefficient (Wildman–Crippen LogP) is 1.03. The van der Waals surface area contributed by atoms with Gasteiger partial charge in [0.15, 0.2) is 0 Å². The Morgan fingerprint density at radius 3 is 3.06 bits per heavy atom. The van der Waals surface area contributed by atoms with Crippen LogP contribution in [-0.2, 0) is 4.79 Å². The minimum atomic E-state index is -0.188. The zero-order valence-electron chi connectivity index (χ0n) is 10.6. The lowest BCUT2D eigenvalue weighted by molar-refractivity contribution is -0.115. The summed E-state index contributed by atoms with van der Waals surface area (Å²) in [5.41, 5.74) is 0.554. The molecule has 1 aromatic rings. The second-order valence-electron chi connectivity index (χ2n) is 3.88. The molecule has 1 amide bonds. The fourth-order valence-corrected chi connectivity index (χ4v) is 1.25. The molecule has 0 atom stereocenters. The third-order valence-electron chi connectivity index (χ3n) is 1.91. The van der Waals surface area contributed by atoms with Crippen molar-refractivity contribution < 1.29 is 9.53 Å². The van der Waals surface area contributed by atoms with Crippen molar-refractivity contribution in [1.82, 2.24) is 10.3 Å². The number of nitrogens with one attached hydrogen (secondary N) is 2. The van der Waals surface area contributed by atoms with E-state index in [-0.39, 0.29) is 18.6 Å². The molecule has 0 fully saturated rings. The van der Waals surface area contributed by atoms with Gasteiger partial charge in [0, 0.05) is 6.20 Å². The Labute approximate surface area is 107 Å². The first kappa shape index (κ1) is 14.0. The van der Waals surface area contributed by atoms with Gasteiger partial charge in [0.05, 0.1) is 19.2 Å². The first-order valence-electron chi connectivity index (χ1n) is 5.69. The highest BCUT2D eigenvalue weighted by molar-refractivity contribution is 5.93. The zero-order valence-corrected chi connectivity index (χ0v) is 10.6. The molecule has 0 aromatic carbocycles. The van der Waals surface area contributed by atoms with Gasteiger partial charge in [-0.25, -0.2) is 4.98 Å². The predicted molar refractivity (Wildman–Crippen MR) is 70.3 cm³/mol. The third-order valence-corrected chi connectivity index (χ3v) is 1.91. The van der Waals surface area contributed by atoms with Gasteiger partial charge in [-0.3, -0.25) is 10.1 Å². The van der Waals surface area contributed by atoms with Crippen molar-refractivity contribution >= 4 is 11.6 Å². The Morgan fingerprint density at radius 1 is 1.61 bits per heavy atom. The average Bonchev–Trinajstić information content (AvgIpc) is 2.31. The first-order valence-corrected chi connectivity index (χ1v) is 5.69. The standard InChI is InChI=1S/C13H17N3O2/c1-4-7-14-9-12(17)16-11-6-5-8-15-13(11)18-10(2)3/h1,5-6,8,10,14H,7,9H2,2-3H3,(H,16,17). The average molecular weight is 247 g/mol. The molecule has 0 aliphatic rings. The molecule has 5 nitrogen and oxygen atoms in total. The van der Waals surface area contributed by atoms with Crippen LogP contribution in [0.25, 0.3) is 0 Å². The molecule has 0 unspecified atom stereocenters. The van der Waals surface area contributed by atoms with Crippen molar-refractivity contribution in [3.05, 3.63) is 18.3 Å². The highest BCUT2D eigenvalue weighted by Crippen LogP contribution is 2.21. The van der Waals surface area contributed by atoms with Gasteiger partial charge in [-0.1, -0.05) is 5.92 Å². The van der Waals surface area contributed by atoms with E-state index in [4.69, 9.17) is 11.2 Å². The van der Waals surface area contributed by atoms with Gasteiger partial charge in [-0.15, -0.1) is 6.42 Å². The van der Waals surface area contributed by atoms with E-state index in [9.17, 15) is 4.79 Å². The number of hydrogen-bond acceptors (Lipinski definition) is 4. The largest absolute Gasteiger partial charge is 0.473 e. The Balaban J connectivity index is 2.60.